The minimum Gasteiger partial charge on any atom is -0.317 e. The molecular weight excluding hydrogens is 174 g/mol. The fraction of sp³-hybridized carbons (Fsp3) is 1.00. The van der Waals surface area contributed by atoms with Gasteiger partial charge in [-0.25, -0.2) is 8.78 Å². The Morgan fingerprint density at radius 1 is 0.923 bits per heavy atom. The molecule has 4 heteroatoms. The fourth-order valence-electron chi connectivity index (χ4n) is 2.40. The van der Waals surface area contributed by atoms with Crippen LogP contribution in [-0.2, 0) is 0 Å². The zero-order valence-electron chi connectivity index (χ0n) is 7.71. The highest BCUT2D eigenvalue weighted by Gasteiger charge is 2.54. The average molecular weight is 190 g/mol. The molecule has 0 aromatic rings. The van der Waals surface area contributed by atoms with Gasteiger partial charge >= 0.3 is 0 Å². The molecule has 13 heavy (non-hydrogen) atoms. The normalized spacial score (nSPS) is 31.8. The van der Waals surface area contributed by atoms with Crippen LogP contribution >= 0.6 is 0 Å². The lowest BCUT2D eigenvalue weighted by Crippen LogP contribution is -2.65. The minimum atomic E-state index is -2.51. The van der Waals surface area contributed by atoms with Gasteiger partial charge in [-0.15, -0.1) is 0 Å². The van der Waals surface area contributed by atoms with Gasteiger partial charge in [0.25, 0.3) is 5.92 Å². The van der Waals surface area contributed by atoms with E-state index in [1.165, 1.54) is 0 Å². The average Bonchev–Trinajstić information content (AvgIpc) is 2.12. The summed E-state index contributed by atoms with van der Waals surface area (Å²) in [4.78, 5) is 0. The number of rotatable bonds is 0. The van der Waals surface area contributed by atoms with Crippen molar-refractivity contribution < 1.29 is 8.78 Å². The van der Waals surface area contributed by atoms with Crippen molar-refractivity contribution in [3.05, 3.63) is 0 Å². The molecule has 0 unspecified atom stereocenters. The molecule has 1 spiro atoms. The third-order valence-corrected chi connectivity index (χ3v) is 3.29. The second-order valence-corrected chi connectivity index (χ2v) is 4.07. The molecule has 0 aromatic heterocycles. The number of alkyl halides is 2. The monoisotopic (exact) mass is 190 g/mol. The first-order valence-electron chi connectivity index (χ1n) is 5.00. The van der Waals surface area contributed by atoms with Crippen molar-refractivity contribution in [2.75, 3.05) is 19.6 Å². The van der Waals surface area contributed by atoms with Crippen LogP contribution in [0.2, 0.25) is 0 Å². The van der Waals surface area contributed by atoms with E-state index in [9.17, 15) is 8.78 Å². The molecule has 0 atom stereocenters. The van der Waals surface area contributed by atoms with Crippen molar-refractivity contribution in [1.29, 1.82) is 0 Å². The van der Waals surface area contributed by atoms with Gasteiger partial charge in [0.15, 0.2) is 0 Å². The van der Waals surface area contributed by atoms with Crippen LogP contribution in [-0.4, -0.2) is 31.1 Å². The summed E-state index contributed by atoms with van der Waals surface area (Å²) in [7, 11) is 0. The van der Waals surface area contributed by atoms with Crippen LogP contribution < -0.4 is 10.6 Å². The lowest BCUT2D eigenvalue weighted by Gasteiger charge is -2.47. The quantitative estimate of drug-likeness (QED) is 0.598. The van der Waals surface area contributed by atoms with Gasteiger partial charge in [-0.05, 0) is 38.9 Å². The Labute approximate surface area is 77.1 Å². The number of hydrogen-bond donors (Lipinski definition) is 2. The predicted molar refractivity (Wildman–Crippen MR) is 47.0 cm³/mol. The Bertz CT molecular complexity index is 180. The first-order chi connectivity index (χ1) is 6.16. The molecule has 2 rings (SSSR count). The Balaban J connectivity index is 2.16. The van der Waals surface area contributed by atoms with Gasteiger partial charge in [0, 0.05) is 6.42 Å². The zero-order chi connectivity index (χ0) is 9.36. The van der Waals surface area contributed by atoms with Gasteiger partial charge in [0.05, 0.1) is 5.54 Å². The van der Waals surface area contributed by atoms with Crippen molar-refractivity contribution in [1.82, 2.24) is 10.6 Å². The molecule has 2 aliphatic heterocycles. The van der Waals surface area contributed by atoms with E-state index < -0.39 is 11.5 Å². The first-order valence-corrected chi connectivity index (χ1v) is 5.00. The third-order valence-electron chi connectivity index (χ3n) is 3.29. The predicted octanol–water partition coefficient (Wildman–Crippen LogP) is 1.13. The summed E-state index contributed by atoms with van der Waals surface area (Å²) >= 11 is 0. The third kappa shape index (κ3) is 1.46. The molecule has 2 saturated heterocycles. The van der Waals surface area contributed by atoms with Crippen LogP contribution in [0, 0.1) is 0 Å². The number of hydrogen-bond acceptors (Lipinski definition) is 2. The topological polar surface area (TPSA) is 24.1 Å². The van der Waals surface area contributed by atoms with Crippen molar-refractivity contribution in [2.24, 2.45) is 0 Å². The minimum absolute atomic E-state index is 0.0556. The highest BCUT2D eigenvalue weighted by Crippen LogP contribution is 2.41. The van der Waals surface area contributed by atoms with E-state index in [0.717, 1.165) is 6.54 Å². The van der Waals surface area contributed by atoms with Gasteiger partial charge in [0.2, 0.25) is 0 Å². The highest BCUT2D eigenvalue weighted by atomic mass is 19.3. The van der Waals surface area contributed by atoms with E-state index in [0.29, 0.717) is 32.4 Å². The van der Waals surface area contributed by atoms with Crippen LogP contribution in [0.25, 0.3) is 0 Å². The Hall–Kier alpha value is -0.220. The molecule has 76 valence electrons. The molecule has 2 aliphatic rings. The van der Waals surface area contributed by atoms with Gasteiger partial charge in [-0.3, -0.25) is 0 Å². The SMILES string of the molecule is FC1(F)CCCNC12CCNCC2. The Morgan fingerprint density at radius 2 is 1.62 bits per heavy atom. The second kappa shape index (κ2) is 3.17. The second-order valence-electron chi connectivity index (χ2n) is 4.07. The molecule has 2 N–H and O–H groups in total. The number of nitrogens with one attached hydrogen (secondary N) is 2. The first kappa shape index (κ1) is 9.34. The number of halogens is 2. The van der Waals surface area contributed by atoms with Crippen molar-refractivity contribution >= 4 is 0 Å². The van der Waals surface area contributed by atoms with Crippen LogP contribution in [0.4, 0.5) is 8.78 Å². The molecule has 0 bridgehead atoms. The van der Waals surface area contributed by atoms with E-state index in [1.54, 1.807) is 0 Å². The molecule has 0 aromatic carbocycles. The maximum atomic E-state index is 13.7. The van der Waals surface area contributed by atoms with Gasteiger partial charge in [-0.2, -0.15) is 0 Å². The van der Waals surface area contributed by atoms with E-state index in [-0.39, 0.29) is 6.42 Å². The molecule has 2 heterocycles. The fourth-order valence-corrected chi connectivity index (χ4v) is 2.40. The van der Waals surface area contributed by atoms with Crippen LogP contribution in [0.5, 0.6) is 0 Å². The van der Waals surface area contributed by atoms with Crippen LogP contribution in [0.3, 0.4) is 0 Å². The molecule has 0 amide bonds. The van der Waals surface area contributed by atoms with Crippen molar-refractivity contribution in [2.45, 2.75) is 37.1 Å². The van der Waals surface area contributed by atoms with Gasteiger partial charge in [0.1, 0.15) is 0 Å². The molecule has 2 fully saturated rings. The standard InChI is InChI=1S/C9H16F2N2/c10-9(11)2-1-5-13-8(9)3-6-12-7-4-8/h12-13H,1-7H2. The summed E-state index contributed by atoms with van der Waals surface area (Å²) in [5, 5.41) is 6.16. The lowest BCUT2D eigenvalue weighted by atomic mass is 9.78. The molecule has 0 radical (unpaired) electrons. The van der Waals surface area contributed by atoms with Crippen molar-refractivity contribution in [3.63, 3.8) is 0 Å². The number of piperidine rings is 2. The van der Waals surface area contributed by atoms with E-state index in [2.05, 4.69) is 10.6 Å². The summed E-state index contributed by atoms with van der Waals surface area (Å²) in [5.74, 6) is -2.51. The molecular formula is C9H16F2N2. The van der Waals surface area contributed by atoms with E-state index in [4.69, 9.17) is 0 Å². The van der Waals surface area contributed by atoms with E-state index >= 15 is 0 Å². The highest BCUT2D eigenvalue weighted by molar-refractivity contribution is 5.05. The summed E-state index contributed by atoms with van der Waals surface area (Å²) in [6.45, 7) is 2.17. The summed E-state index contributed by atoms with van der Waals surface area (Å²) in [6.07, 6.45) is 1.77. The summed E-state index contributed by atoms with van der Waals surface area (Å²) in [5.41, 5.74) is -0.892. The summed E-state index contributed by atoms with van der Waals surface area (Å²) < 4.78 is 27.3. The van der Waals surface area contributed by atoms with Gasteiger partial charge < -0.3 is 10.6 Å². The maximum absolute atomic E-state index is 13.7. The van der Waals surface area contributed by atoms with Crippen LogP contribution in [0.15, 0.2) is 0 Å². The van der Waals surface area contributed by atoms with Crippen molar-refractivity contribution in [3.8, 4) is 0 Å². The Morgan fingerprint density at radius 3 is 2.23 bits per heavy atom. The Kier molecular flexibility index (Phi) is 2.28. The molecule has 0 saturated carbocycles. The zero-order valence-corrected chi connectivity index (χ0v) is 7.71. The largest absolute Gasteiger partial charge is 0.317 e. The molecule has 0 aliphatic carbocycles. The van der Waals surface area contributed by atoms with Crippen LogP contribution in [0.1, 0.15) is 25.7 Å². The maximum Gasteiger partial charge on any atom is 0.266 e. The van der Waals surface area contributed by atoms with E-state index in [1.807, 2.05) is 0 Å². The van der Waals surface area contributed by atoms with Gasteiger partial charge in [-0.1, -0.05) is 0 Å². The summed E-state index contributed by atoms with van der Waals surface area (Å²) in [6, 6.07) is 0. The molecule has 2 nitrogen and oxygen atoms in total. The smallest absolute Gasteiger partial charge is 0.266 e. The lowest BCUT2D eigenvalue weighted by molar-refractivity contribution is -0.124.